The Balaban J connectivity index is 2.63. The van der Waals surface area contributed by atoms with Crippen molar-refractivity contribution in [3.05, 3.63) is 0 Å². The van der Waals surface area contributed by atoms with E-state index < -0.39 is 0 Å². The van der Waals surface area contributed by atoms with Gasteiger partial charge in [0.2, 0.25) is 0 Å². The van der Waals surface area contributed by atoms with E-state index >= 15 is 0 Å². The van der Waals surface area contributed by atoms with Crippen molar-refractivity contribution in [3.8, 4) is 0 Å². The van der Waals surface area contributed by atoms with Gasteiger partial charge in [-0.15, -0.1) is 0 Å². The zero-order chi connectivity index (χ0) is 4.99. The van der Waals surface area contributed by atoms with Gasteiger partial charge in [0.05, 0.1) is 0 Å². The zero-order valence-electron chi connectivity index (χ0n) is 3.93. The topological polar surface area (TPSA) is 35.0 Å². The van der Waals surface area contributed by atoms with Crippen LogP contribution in [0.1, 0.15) is 0 Å². The summed E-state index contributed by atoms with van der Waals surface area (Å²) in [6, 6.07) is 0. The number of ether oxygens (including phenoxy) is 1. The lowest BCUT2D eigenvalue weighted by atomic mass is 11.4. The van der Waals surface area contributed by atoms with Gasteiger partial charge in [-0.1, -0.05) is 0 Å². The summed E-state index contributed by atoms with van der Waals surface area (Å²) in [6.07, 6.45) is 0. The maximum Gasteiger partial charge on any atom is 0.260 e. The predicted molar refractivity (Wildman–Crippen MR) is 18.9 cm³/mol. The second kappa shape index (κ2) is 3.08. The first-order valence-electron chi connectivity index (χ1n) is 1.56. The van der Waals surface area contributed by atoms with Crippen molar-refractivity contribution in [1.29, 1.82) is 0 Å². The molecule has 3 heteroatoms. The molecule has 0 atom stereocenters. The van der Waals surface area contributed by atoms with Crippen molar-refractivity contribution in [3.63, 3.8) is 0 Å². The fourth-order valence-electron chi connectivity index (χ4n) is 0.166. The van der Waals surface area contributed by atoms with Crippen LogP contribution in [0.3, 0.4) is 0 Å². The van der Waals surface area contributed by atoms with Crippen molar-refractivity contribution in [1.82, 2.24) is 0 Å². The third-order valence-corrected chi connectivity index (χ3v) is 0.284. The summed E-state index contributed by atoms with van der Waals surface area (Å²) in [5, 5.41) is 9.75. The number of methoxy groups -OCH3 is 1. The van der Waals surface area contributed by atoms with E-state index in [9.17, 15) is 5.26 Å². The van der Waals surface area contributed by atoms with Gasteiger partial charge in [-0.25, -0.2) is 0 Å². The minimum absolute atomic E-state index is 0.0694. The predicted octanol–water partition coefficient (Wildman–Crippen LogP) is -0.952. The zero-order valence-corrected chi connectivity index (χ0v) is 3.93. The van der Waals surface area contributed by atoms with E-state index in [1.165, 1.54) is 18.7 Å². The molecule has 0 aromatic rings. The Kier molecular flexibility index (Phi) is 3.02. The average molecular weight is 92.1 g/mol. The quantitative estimate of drug-likeness (QED) is 0.190. The molecule has 0 radical (unpaired) electrons. The van der Waals surface area contributed by atoms with E-state index in [1.807, 2.05) is 0 Å². The SMILES string of the molecule is COC[O+](C)[O-]. The van der Waals surface area contributed by atoms with Gasteiger partial charge in [-0.05, 0) is 0 Å². The normalized spacial score (nSPS) is 10.0. The third kappa shape index (κ3) is 3.88. The molecule has 6 heavy (non-hydrogen) atoms. The lowest BCUT2D eigenvalue weighted by Crippen LogP contribution is -2.23. The van der Waals surface area contributed by atoms with E-state index in [1.54, 1.807) is 0 Å². The van der Waals surface area contributed by atoms with Gasteiger partial charge in [0, 0.05) is 7.11 Å². The molecular weight excluding hydrogens is 84.0 g/mol. The van der Waals surface area contributed by atoms with Crippen LogP contribution in [0.5, 0.6) is 0 Å². The minimum Gasteiger partial charge on any atom is -0.533 e. The van der Waals surface area contributed by atoms with Crippen molar-refractivity contribution >= 4 is 0 Å². The van der Waals surface area contributed by atoms with Crippen molar-refractivity contribution < 1.29 is 14.5 Å². The molecule has 0 heterocycles. The maximum atomic E-state index is 9.75. The van der Waals surface area contributed by atoms with Gasteiger partial charge in [0.25, 0.3) is 6.79 Å². The van der Waals surface area contributed by atoms with Crippen molar-refractivity contribution in [2.75, 3.05) is 21.0 Å². The highest BCUT2D eigenvalue weighted by atomic mass is 17.2. The number of rotatable bonds is 2. The Morgan fingerprint density at radius 1 is 1.83 bits per heavy atom. The second-order valence-corrected chi connectivity index (χ2v) is 0.980. The second-order valence-electron chi connectivity index (χ2n) is 0.980. The Hall–Kier alpha value is -0.120. The van der Waals surface area contributed by atoms with Crippen LogP contribution in [0, 0.1) is 0 Å². The summed E-state index contributed by atoms with van der Waals surface area (Å²) >= 11 is 0. The van der Waals surface area contributed by atoms with E-state index in [0.29, 0.717) is 0 Å². The summed E-state index contributed by atoms with van der Waals surface area (Å²) in [5.41, 5.74) is 0. The van der Waals surface area contributed by atoms with Crippen LogP contribution < -0.4 is 5.26 Å². The standard InChI is InChI=1S/C3H8O3/c1-5-3-6(2)4/h3H2,1-2H3. The first-order valence-corrected chi connectivity index (χ1v) is 1.56. The molecule has 0 fully saturated rings. The van der Waals surface area contributed by atoms with Crippen LogP contribution in [0.15, 0.2) is 0 Å². The largest absolute Gasteiger partial charge is 0.533 e. The highest BCUT2D eigenvalue weighted by Gasteiger charge is 1.79. The third-order valence-electron chi connectivity index (χ3n) is 0.284. The van der Waals surface area contributed by atoms with Crippen LogP contribution in [-0.2, 0) is 9.25 Å². The average Bonchev–Trinajstić information content (AvgIpc) is 1.35. The van der Waals surface area contributed by atoms with Gasteiger partial charge in [0.15, 0.2) is 0 Å². The van der Waals surface area contributed by atoms with Crippen LogP contribution in [0.4, 0.5) is 0 Å². The smallest absolute Gasteiger partial charge is 0.260 e. The molecule has 0 saturated carbocycles. The molecule has 38 valence electrons. The Morgan fingerprint density at radius 3 is 2.33 bits per heavy atom. The lowest BCUT2D eigenvalue weighted by molar-refractivity contribution is -0.795. The minimum atomic E-state index is 0.0694. The van der Waals surface area contributed by atoms with E-state index in [0.717, 1.165) is 0 Å². The molecule has 0 amide bonds. The van der Waals surface area contributed by atoms with E-state index in [-0.39, 0.29) is 6.79 Å². The van der Waals surface area contributed by atoms with Crippen LogP contribution in [-0.4, -0.2) is 21.0 Å². The summed E-state index contributed by atoms with van der Waals surface area (Å²) in [4.78, 5) is 0. The van der Waals surface area contributed by atoms with E-state index in [2.05, 4.69) is 4.74 Å². The Morgan fingerprint density at radius 2 is 2.33 bits per heavy atom. The molecule has 0 aliphatic rings. The summed E-state index contributed by atoms with van der Waals surface area (Å²) in [6.45, 7) is 0.0694. The number of hydrogen-bond acceptors (Lipinski definition) is 2. The Labute approximate surface area is 36.7 Å². The molecule has 0 saturated heterocycles. The molecule has 0 unspecified atom stereocenters. The molecule has 0 aliphatic carbocycles. The van der Waals surface area contributed by atoms with Gasteiger partial charge < -0.3 is 14.5 Å². The molecular formula is C3H8O3. The summed E-state index contributed by atoms with van der Waals surface area (Å²) in [5.74, 6) is 0. The Bertz CT molecular complexity index is 27.2. The van der Waals surface area contributed by atoms with Crippen molar-refractivity contribution in [2.24, 2.45) is 0 Å². The van der Waals surface area contributed by atoms with Crippen molar-refractivity contribution in [2.45, 2.75) is 0 Å². The molecule has 0 aromatic heterocycles. The molecule has 0 rings (SSSR count). The highest BCUT2D eigenvalue weighted by Crippen LogP contribution is 1.71. The highest BCUT2D eigenvalue weighted by molar-refractivity contribution is 3.88. The first-order chi connectivity index (χ1) is 2.77. The maximum absolute atomic E-state index is 9.75. The molecule has 3 nitrogen and oxygen atoms in total. The van der Waals surface area contributed by atoms with E-state index in [4.69, 9.17) is 0 Å². The first kappa shape index (κ1) is 5.88. The fraction of sp³-hybridized carbons (Fsp3) is 1.00. The summed E-state index contributed by atoms with van der Waals surface area (Å²) < 4.78 is 5.73. The van der Waals surface area contributed by atoms with Crippen LogP contribution in [0.2, 0.25) is 0 Å². The number of hydrogen-bond donors (Lipinski definition) is 0. The molecule has 0 spiro atoms. The molecule has 0 aliphatic heterocycles. The van der Waals surface area contributed by atoms with Gasteiger partial charge in [-0.2, -0.15) is 0 Å². The van der Waals surface area contributed by atoms with Crippen LogP contribution >= 0.6 is 0 Å². The summed E-state index contributed by atoms with van der Waals surface area (Å²) in [7, 11) is 2.78. The molecule has 0 N–H and O–H groups in total. The molecule has 0 aromatic carbocycles. The van der Waals surface area contributed by atoms with Gasteiger partial charge >= 0.3 is 0 Å². The van der Waals surface area contributed by atoms with Crippen LogP contribution in [0.25, 0.3) is 0 Å². The lowest BCUT2D eigenvalue weighted by Gasteiger charge is -2.11. The van der Waals surface area contributed by atoms with Gasteiger partial charge in [0.1, 0.15) is 7.11 Å². The van der Waals surface area contributed by atoms with Gasteiger partial charge in [-0.3, -0.25) is 0 Å². The monoisotopic (exact) mass is 92.0 g/mol. The molecule has 0 bridgehead atoms. The fourth-order valence-corrected chi connectivity index (χ4v) is 0.166.